The van der Waals surface area contributed by atoms with E-state index in [2.05, 4.69) is 4.98 Å². The lowest BCUT2D eigenvalue weighted by Gasteiger charge is -2.21. The van der Waals surface area contributed by atoms with Crippen LogP contribution in [0.15, 0.2) is 54.6 Å². The third-order valence-electron chi connectivity index (χ3n) is 4.10. The molecule has 0 saturated heterocycles. The quantitative estimate of drug-likeness (QED) is 0.618. The fourth-order valence-electron chi connectivity index (χ4n) is 2.83. The molecule has 154 valence electrons. The minimum Gasteiger partial charge on any atom is -0.445 e. The van der Waals surface area contributed by atoms with Gasteiger partial charge in [0.2, 0.25) is 0 Å². The number of halogens is 3. The van der Waals surface area contributed by atoms with E-state index in [1.807, 2.05) is 0 Å². The molecule has 3 amide bonds. The van der Waals surface area contributed by atoms with E-state index in [0.29, 0.717) is 21.7 Å². The summed E-state index contributed by atoms with van der Waals surface area (Å²) < 4.78 is 33.4. The molecule has 0 atom stereocenters. The van der Waals surface area contributed by atoms with Crippen molar-refractivity contribution in [1.82, 2.24) is 4.98 Å². The zero-order valence-electron chi connectivity index (χ0n) is 15.3. The van der Waals surface area contributed by atoms with Crippen molar-refractivity contribution in [3.05, 3.63) is 76.8 Å². The van der Waals surface area contributed by atoms with E-state index in [0.717, 1.165) is 18.2 Å². The predicted molar refractivity (Wildman–Crippen MR) is 107 cm³/mol. The van der Waals surface area contributed by atoms with Crippen molar-refractivity contribution < 1.29 is 23.1 Å². The number of carbonyl (C=O) groups is 2. The Morgan fingerprint density at radius 3 is 2.27 bits per heavy atom. The van der Waals surface area contributed by atoms with Gasteiger partial charge < -0.3 is 16.2 Å². The molecule has 2 aromatic carbocycles. The van der Waals surface area contributed by atoms with Crippen molar-refractivity contribution in [3.8, 4) is 11.3 Å². The number of para-hydroxylation sites is 1. The lowest BCUT2D eigenvalue weighted by molar-refractivity contribution is 0.150. The Kier molecular flexibility index (Phi) is 6.12. The number of amides is 3. The van der Waals surface area contributed by atoms with Crippen LogP contribution in [0.4, 0.5) is 29.9 Å². The number of pyridine rings is 1. The van der Waals surface area contributed by atoms with Gasteiger partial charge in [-0.05, 0) is 30.3 Å². The van der Waals surface area contributed by atoms with E-state index in [1.54, 1.807) is 24.3 Å². The van der Waals surface area contributed by atoms with Gasteiger partial charge >= 0.3 is 12.1 Å². The summed E-state index contributed by atoms with van der Waals surface area (Å²) in [7, 11) is 0. The lowest BCUT2D eigenvalue weighted by Crippen LogP contribution is -2.33. The van der Waals surface area contributed by atoms with Crippen molar-refractivity contribution in [2.75, 3.05) is 4.90 Å². The number of carbonyl (C=O) groups excluding carboxylic acids is 2. The molecule has 3 aromatic rings. The minimum absolute atomic E-state index is 0.120. The third kappa shape index (κ3) is 4.31. The first-order chi connectivity index (χ1) is 14.3. The second kappa shape index (κ2) is 8.75. The lowest BCUT2D eigenvalue weighted by atomic mass is 10.0. The molecule has 1 aromatic heterocycles. The van der Waals surface area contributed by atoms with Crippen molar-refractivity contribution in [2.24, 2.45) is 11.5 Å². The normalized spacial score (nSPS) is 10.5. The summed E-state index contributed by atoms with van der Waals surface area (Å²) in [6.45, 7) is -0.224. The minimum atomic E-state index is -1.13. The number of nitrogens with zero attached hydrogens (tertiary/aromatic N) is 2. The molecule has 0 aliphatic carbocycles. The molecule has 4 N–H and O–H groups in total. The highest BCUT2D eigenvalue weighted by Crippen LogP contribution is 2.33. The number of rotatable bonds is 5. The first kappa shape index (κ1) is 21.0. The van der Waals surface area contributed by atoms with Gasteiger partial charge in [0.1, 0.15) is 29.7 Å². The van der Waals surface area contributed by atoms with E-state index in [4.69, 9.17) is 27.8 Å². The Balaban J connectivity index is 2.12. The molecule has 0 spiro atoms. The Morgan fingerprint density at radius 2 is 1.63 bits per heavy atom. The van der Waals surface area contributed by atoms with Crippen LogP contribution in [-0.2, 0) is 11.3 Å². The zero-order chi connectivity index (χ0) is 21.8. The van der Waals surface area contributed by atoms with Crippen LogP contribution < -0.4 is 16.4 Å². The number of aromatic nitrogens is 1. The van der Waals surface area contributed by atoms with Crippen molar-refractivity contribution in [3.63, 3.8) is 0 Å². The van der Waals surface area contributed by atoms with E-state index >= 15 is 0 Å². The Hall–Kier alpha value is -3.72. The SMILES string of the molecule is NC(=O)OCc1c(Cl)cccc1-c1cccc(N(C(N)=O)c2c(F)cccc2F)n1. The Morgan fingerprint density at radius 1 is 1.00 bits per heavy atom. The van der Waals surface area contributed by atoms with Crippen molar-refractivity contribution in [1.29, 1.82) is 0 Å². The molecule has 0 unspecified atom stereocenters. The molecule has 7 nitrogen and oxygen atoms in total. The van der Waals surface area contributed by atoms with Gasteiger partial charge in [0.15, 0.2) is 0 Å². The highest BCUT2D eigenvalue weighted by Gasteiger charge is 2.24. The van der Waals surface area contributed by atoms with Crippen LogP contribution >= 0.6 is 11.6 Å². The number of benzene rings is 2. The standard InChI is InChI=1S/C20H15ClF2N4O3/c21-13-5-1-4-11(12(13)10-30-20(25)29)16-8-3-9-17(26-16)27(19(24)28)18-14(22)6-2-7-15(18)23/h1-9H,10H2,(H2,24,28)(H2,25,29). The van der Waals surface area contributed by atoms with Crippen molar-refractivity contribution in [2.45, 2.75) is 6.61 Å². The van der Waals surface area contributed by atoms with Crippen LogP contribution in [0.25, 0.3) is 11.3 Å². The molecule has 0 fully saturated rings. The van der Waals surface area contributed by atoms with Crippen LogP contribution in [0.3, 0.4) is 0 Å². The molecule has 0 saturated carbocycles. The molecule has 0 aliphatic heterocycles. The van der Waals surface area contributed by atoms with Gasteiger partial charge in [-0.1, -0.05) is 35.9 Å². The molecule has 30 heavy (non-hydrogen) atoms. The van der Waals surface area contributed by atoms with E-state index in [1.165, 1.54) is 12.1 Å². The Bertz CT molecular complexity index is 1110. The molecule has 0 aliphatic rings. The predicted octanol–water partition coefficient (Wildman–Crippen LogP) is 4.49. The summed E-state index contributed by atoms with van der Waals surface area (Å²) in [6, 6.07) is 11.4. The molecule has 10 heteroatoms. The number of hydrogen-bond acceptors (Lipinski definition) is 4. The summed E-state index contributed by atoms with van der Waals surface area (Å²) in [5, 5.41) is 0.285. The first-order valence-electron chi connectivity index (χ1n) is 8.50. The molecule has 1 heterocycles. The number of primary amides is 2. The van der Waals surface area contributed by atoms with Crippen molar-refractivity contribution >= 4 is 35.2 Å². The van der Waals surface area contributed by atoms with Gasteiger partial charge in [-0.2, -0.15) is 0 Å². The second-order valence-corrected chi connectivity index (χ2v) is 6.41. The van der Waals surface area contributed by atoms with Crippen LogP contribution in [0.1, 0.15) is 5.56 Å². The smallest absolute Gasteiger partial charge is 0.404 e. The molecule has 0 bridgehead atoms. The van der Waals surface area contributed by atoms with Gasteiger partial charge in [-0.3, -0.25) is 0 Å². The van der Waals surface area contributed by atoms with Crippen LogP contribution in [0.5, 0.6) is 0 Å². The first-order valence-corrected chi connectivity index (χ1v) is 8.88. The average molecular weight is 433 g/mol. The van der Waals surface area contributed by atoms with Crippen LogP contribution in [0, 0.1) is 11.6 Å². The zero-order valence-corrected chi connectivity index (χ0v) is 16.1. The number of ether oxygens (including phenoxy) is 1. The number of hydrogen-bond donors (Lipinski definition) is 2. The van der Waals surface area contributed by atoms with Gasteiger partial charge in [-0.15, -0.1) is 0 Å². The topological polar surface area (TPSA) is 112 Å². The molecular weight excluding hydrogens is 418 g/mol. The van der Waals surface area contributed by atoms with E-state index in [-0.39, 0.29) is 17.4 Å². The number of nitrogens with two attached hydrogens (primary N) is 2. The highest BCUT2D eigenvalue weighted by atomic mass is 35.5. The Labute approximate surface area is 174 Å². The van der Waals surface area contributed by atoms with E-state index in [9.17, 15) is 18.4 Å². The van der Waals surface area contributed by atoms with E-state index < -0.39 is 29.4 Å². The van der Waals surface area contributed by atoms with Crippen LogP contribution in [0.2, 0.25) is 5.02 Å². The monoisotopic (exact) mass is 432 g/mol. The fraction of sp³-hybridized carbons (Fsp3) is 0.0500. The van der Waals surface area contributed by atoms with Gasteiger partial charge in [0, 0.05) is 16.1 Å². The number of urea groups is 1. The summed E-state index contributed by atoms with van der Waals surface area (Å²) in [6.07, 6.45) is -0.988. The number of anilines is 2. The summed E-state index contributed by atoms with van der Waals surface area (Å²) in [5.74, 6) is -2.09. The maximum Gasteiger partial charge on any atom is 0.404 e. The molecule has 3 rings (SSSR count). The molecule has 0 radical (unpaired) electrons. The summed E-state index contributed by atoms with van der Waals surface area (Å²) >= 11 is 6.21. The van der Waals surface area contributed by atoms with Gasteiger partial charge in [-0.25, -0.2) is 28.3 Å². The fourth-order valence-corrected chi connectivity index (χ4v) is 3.06. The largest absolute Gasteiger partial charge is 0.445 e. The highest BCUT2D eigenvalue weighted by molar-refractivity contribution is 6.31. The van der Waals surface area contributed by atoms with Crippen LogP contribution in [-0.4, -0.2) is 17.1 Å². The maximum atomic E-state index is 14.3. The van der Waals surface area contributed by atoms with Gasteiger partial charge in [0.25, 0.3) is 0 Å². The summed E-state index contributed by atoms with van der Waals surface area (Å²) in [4.78, 5) is 28.0. The molecular formula is C20H15ClF2N4O3. The maximum absolute atomic E-state index is 14.3. The average Bonchev–Trinajstić information content (AvgIpc) is 2.69. The van der Waals surface area contributed by atoms with Gasteiger partial charge in [0.05, 0.1) is 5.69 Å². The third-order valence-corrected chi connectivity index (χ3v) is 4.45. The second-order valence-electron chi connectivity index (χ2n) is 6.00. The summed E-state index contributed by atoms with van der Waals surface area (Å²) in [5.41, 5.74) is 10.9.